The molecule has 1 heterocycles. The lowest BCUT2D eigenvalue weighted by Crippen LogP contribution is -2.32. The van der Waals surface area contributed by atoms with E-state index in [0.29, 0.717) is 24.4 Å². The van der Waals surface area contributed by atoms with Crippen LogP contribution in [-0.2, 0) is 17.9 Å². The lowest BCUT2D eigenvalue weighted by atomic mass is 9.94. The zero-order valence-electron chi connectivity index (χ0n) is 10.7. The summed E-state index contributed by atoms with van der Waals surface area (Å²) in [4.78, 5) is 6.61. The Kier molecular flexibility index (Phi) is 4.50. The second-order valence-corrected chi connectivity index (χ2v) is 4.74. The summed E-state index contributed by atoms with van der Waals surface area (Å²) in [5.41, 5.74) is 0. The van der Waals surface area contributed by atoms with Crippen LogP contribution in [0.1, 0.15) is 43.8 Å². The lowest BCUT2D eigenvalue weighted by molar-refractivity contribution is 0.163. The highest BCUT2D eigenvalue weighted by Gasteiger charge is 2.19. The average Bonchev–Trinajstić information content (AvgIpc) is 2.78. The van der Waals surface area contributed by atoms with Crippen LogP contribution in [0.15, 0.2) is 4.52 Å². The van der Waals surface area contributed by atoms with Crippen LogP contribution in [0.4, 0.5) is 0 Å². The Morgan fingerprint density at radius 3 is 2.82 bits per heavy atom. The predicted octanol–water partition coefficient (Wildman–Crippen LogP) is 1.98. The Hall–Kier alpha value is -0.940. The van der Waals surface area contributed by atoms with E-state index >= 15 is 0 Å². The van der Waals surface area contributed by atoms with Crippen molar-refractivity contribution in [1.82, 2.24) is 15.0 Å². The molecule has 0 bridgehead atoms. The third-order valence-electron chi connectivity index (χ3n) is 3.37. The van der Waals surface area contributed by atoms with Gasteiger partial charge in [-0.25, -0.2) is 0 Å². The van der Waals surface area contributed by atoms with Crippen LogP contribution in [0, 0.1) is 0 Å². The molecule has 0 amide bonds. The van der Waals surface area contributed by atoms with Crippen LogP contribution in [0.3, 0.4) is 0 Å². The summed E-state index contributed by atoms with van der Waals surface area (Å²) in [5, 5.41) is 3.87. The number of hydrogen-bond donors (Lipinski definition) is 0. The molecule has 1 aromatic rings. The maximum atomic E-state index is 5.20. The van der Waals surface area contributed by atoms with Crippen molar-refractivity contribution in [1.29, 1.82) is 0 Å². The summed E-state index contributed by atoms with van der Waals surface area (Å²) in [5.74, 6) is 1.31. The molecule has 1 saturated carbocycles. The Labute approximate surface area is 102 Å². The molecule has 96 valence electrons. The van der Waals surface area contributed by atoms with E-state index in [9.17, 15) is 0 Å². The monoisotopic (exact) mass is 239 g/mol. The topological polar surface area (TPSA) is 51.4 Å². The number of aromatic nitrogens is 2. The van der Waals surface area contributed by atoms with Crippen LogP contribution >= 0.6 is 0 Å². The largest absolute Gasteiger partial charge is 0.377 e. The summed E-state index contributed by atoms with van der Waals surface area (Å²) in [6, 6.07) is 0.668. The van der Waals surface area contributed by atoms with Crippen LogP contribution in [0.2, 0.25) is 0 Å². The van der Waals surface area contributed by atoms with Crippen LogP contribution < -0.4 is 0 Å². The Morgan fingerprint density at radius 1 is 1.35 bits per heavy atom. The van der Waals surface area contributed by atoms with Crippen LogP contribution in [-0.4, -0.2) is 35.2 Å². The minimum Gasteiger partial charge on any atom is -0.377 e. The first-order valence-electron chi connectivity index (χ1n) is 6.30. The first kappa shape index (κ1) is 12.5. The number of ether oxygens (including phenoxy) is 1. The molecule has 1 fully saturated rings. The van der Waals surface area contributed by atoms with Crippen molar-refractivity contribution in [2.45, 2.75) is 51.3 Å². The summed E-state index contributed by atoms with van der Waals surface area (Å²) in [6.07, 6.45) is 6.63. The fourth-order valence-corrected chi connectivity index (χ4v) is 2.41. The molecule has 0 aromatic carbocycles. The first-order valence-corrected chi connectivity index (χ1v) is 6.30. The molecule has 0 N–H and O–H groups in total. The Bertz CT molecular complexity index is 334. The van der Waals surface area contributed by atoms with Gasteiger partial charge in [0.2, 0.25) is 5.89 Å². The standard InChI is InChI=1S/C12H21N3O2/c1-15(10-6-4-3-5-7-10)8-12-13-11(9-16-2)14-17-12/h10H,3-9H2,1-2H3. The molecule has 0 unspecified atom stereocenters. The van der Waals surface area contributed by atoms with Crippen molar-refractivity contribution in [3.8, 4) is 0 Å². The smallest absolute Gasteiger partial charge is 0.240 e. The van der Waals surface area contributed by atoms with E-state index < -0.39 is 0 Å². The maximum absolute atomic E-state index is 5.20. The van der Waals surface area contributed by atoms with Gasteiger partial charge in [0.05, 0.1) is 6.54 Å². The van der Waals surface area contributed by atoms with Gasteiger partial charge in [0.25, 0.3) is 0 Å². The summed E-state index contributed by atoms with van der Waals surface area (Å²) in [7, 11) is 3.76. The van der Waals surface area contributed by atoms with Gasteiger partial charge in [0.1, 0.15) is 6.61 Å². The Morgan fingerprint density at radius 2 is 2.12 bits per heavy atom. The fourth-order valence-electron chi connectivity index (χ4n) is 2.41. The van der Waals surface area contributed by atoms with Crippen molar-refractivity contribution >= 4 is 0 Å². The first-order chi connectivity index (χ1) is 8.29. The summed E-state index contributed by atoms with van der Waals surface area (Å²) in [6.45, 7) is 1.15. The number of methoxy groups -OCH3 is 1. The molecular formula is C12H21N3O2. The van der Waals surface area contributed by atoms with E-state index in [0.717, 1.165) is 6.54 Å². The third-order valence-corrected chi connectivity index (χ3v) is 3.37. The zero-order chi connectivity index (χ0) is 12.1. The van der Waals surface area contributed by atoms with Crippen molar-refractivity contribution in [3.05, 3.63) is 11.7 Å². The van der Waals surface area contributed by atoms with Gasteiger partial charge in [-0.05, 0) is 19.9 Å². The highest BCUT2D eigenvalue weighted by molar-refractivity contribution is 4.85. The average molecular weight is 239 g/mol. The van der Waals surface area contributed by atoms with Gasteiger partial charge < -0.3 is 9.26 Å². The van der Waals surface area contributed by atoms with E-state index in [1.807, 2.05) is 0 Å². The van der Waals surface area contributed by atoms with Crippen molar-refractivity contribution in [3.63, 3.8) is 0 Å². The maximum Gasteiger partial charge on any atom is 0.240 e. The van der Waals surface area contributed by atoms with E-state index in [-0.39, 0.29) is 0 Å². The zero-order valence-corrected chi connectivity index (χ0v) is 10.7. The van der Waals surface area contributed by atoms with Gasteiger partial charge >= 0.3 is 0 Å². The number of rotatable bonds is 5. The molecule has 0 saturated heterocycles. The second kappa shape index (κ2) is 6.12. The molecule has 1 aliphatic carbocycles. The number of hydrogen-bond acceptors (Lipinski definition) is 5. The van der Waals surface area contributed by atoms with E-state index in [1.165, 1.54) is 32.1 Å². The summed E-state index contributed by atoms with van der Waals surface area (Å²) >= 11 is 0. The lowest BCUT2D eigenvalue weighted by Gasteiger charge is -2.29. The van der Waals surface area contributed by atoms with Gasteiger partial charge in [-0.15, -0.1) is 0 Å². The molecule has 0 radical (unpaired) electrons. The molecular weight excluding hydrogens is 218 g/mol. The molecule has 5 nitrogen and oxygen atoms in total. The van der Waals surface area contributed by atoms with Crippen molar-refractivity contribution in [2.75, 3.05) is 14.2 Å². The van der Waals surface area contributed by atoms with E-state index in [2.05, 4.69) is 22.1 Å². The Balaban J connectivity index is 1.85. The van der Waals surface area contributed by atoms with Gasteiger partial charge in [0, 0.05) is 13.2 Å². The molecule has 1 aliphatic rings. The van der Waals surface area contributed by atoms with E-state index in [1.54, 1.807) is 7.11 Å². The second-order valence-electron chi connectivity index (χ2n) is 4.74. The van der Waals surface area contributed by atoms with Gasteiger partial charge in [0.15, 0.2) is 5.82 Å². The normalized spacial score (nSPS) is 17.8. The molecule has 0 spiro atoms. The SMILES string of the molecule is COCc1noc(CN(C)C2CCCCC2)n1. The predicted molar refractivity (Wildman–Crippen MR) is 63.4 cm³/mol. The van der Waals surface area contributed by atoms with Crippen LogP contribution in [0.5, 0.6) is 0 Å². The fraction of sp³-hybridized carbons (Fsp3) is 0.833. The van der Waals surface area contributed by atoms with Gasteiger partial charge in [-0.2, -0.15) is 4.98 Å². The van der Waals surface area contributed by atoms with Crippen molar-refractivity contribution in [2.24, 2.45) is 0 Å². The van der Waals surface area contributed by atoms with Crippen LogP contribution in [0.25, 0.3) is 0 Å². The minimum atomic E-state index is 0.413. The highest BCUT2D eigenvalue weighted by atomic mass is 16.5. The van der Waals surface area contributed by atoms with E-state index in [4.69, 9.17) is 9.26 Å². The minimum absolute atomic E-state index is 0.413. The molecule has 17 heavy (non-hydrogen) atoms. The van der Waals surface area contributed by atoms with Gasteiger partial charge in [-0.3, -0.25) is 4.90 Å². The third kappa shape index (κ3) is 3.51. The molecule has 2 rings (SSSR count). The summed E-state index contributed by atoms with van der Waals surface area (Å²) < 4.78 is 10.2. The number of nitrogens with zero attached hydrogens (tertiary/aromatic N) is 3. The molecule has 0 aliphatic heterocycles. The molecule has 5 heteroatoms. The van der Waals surface area contributed by atoms with Gasteiger partial charge in [-0.1, -0.05) is 24.4 Å². The quantitative estimate of drug-likeness (QED) is 0.786. The molecule has 1 aromatic heterocycles. The van der Waals surface area contributed by atoms with Crippen molar-refractivity contribution < 1.29 is 9.26 Å². The highest BCUT2D eigenvalue weighted by Crippen LogP contribution is 2.22. The molecule has 0 atom stereocenters.